The molecule has 1 unspecified atom stereocenters. The van der Waals surface area contributed by atoms with Gasteiger partial charge >= 0.3 is 5.97 Å². The van der Waals surface area contributed by atoms with Crippen molar-refractivity contribution in [2.75, 3.05) is 18.1 Å². The van der Waals surface area contributed by atoms with Crippen molar-refractivity contribution < 1.29 is 23.9 Å². The molecule has 0 aromatic heterocycles. The van der Waals surface area contributed by atoms with Crippen molar-refractivity contribution >= 4 is 23.3 Å². The molecule has 1 atom stereocenters. The first kappa shape index (κ1) is 20.9. The SMILES string of the molecule is C=CCN1C(=O)C2(C(C(=O)OCC)=C(N)OC3=C2C(=O)CC(C)(C)C3)c2ccccc21. The molecular weight excluding hydrogens is 396 g/mol. The molecule has 31 heavy (non-hydrogen) atoms. The highest BCUT2D eigenvalue weighted by Crippen LogP contribution is 2.57. The van der Waals surface area contributed by atoms with Crippen molar-refractivity contribution in [2.45, 2.75) is 39.0 Å². The summed E-state index contributed by atoms with van der Waals surface area (Å²) in [5.41, 5.74) is 5.39. The Morgan fingerprint density at radius 1 is 1.29 bits per heavy atom. The summed E-state index contributed by atoms with van der Waals surface area (Å²) in [6.07, 6.45) is 2.25. The predicted octanol–water partition coefficient (Wildman–Crippen LogP) is 2.86. The van der Waals surface area contributed by atoms with E-state index in [0.29, 0.717) is 23.4 Å². The van der Waals surface area contributed by atoms with Crippen LogP contribution in [0.2, 0.25) is 0 Å². The number of esters is 1. The minimum absolute atomic E-state index is 0.0881. The first-order chi connectivity index (χ1) is 14.7. The molecule has 2 aliphatic heterocycles. The Morgan fingerprint density at radius 3 is 2.68 bits per heavy atom. The maximum atomic E-state index is 14.1. The van der Waals surface area contributed by atoms with Crippen LogP contribution in [0.5, 0.6) is 0 Å². The van der Waals surface area contributed by atoms with Crippen molar-refractivity contribution in [1.82, 2.24) is 0 Å². The third-order valence-electron chi connectivity index (χ3n) is 6.02. The predicted molar refractivity (Wildman–Crippen MR) is 115 cm³/mol. The number of benzene rings is 1. The van der Waals surface area contributed by atoms with E-state index in [2.05, 4.69) is 6.58 Å². The van der Waals surface area contributed by atoms with E-state index < -0.39 is 17.3 Å². The number of Topliss-reactive ketones (excluding diaryl/α,β-unsaturated/α-hetero) is 1. The van der Waals surface area contributed by atoms with Crippen LogP contribution in [0.3, 0.4) is 0 Å². The van der Waals surface area contributed by atoms with Gasteiger partial charge in [-0.2, -0.15) is 0 Å². The Balaban J connectivity index is 2.09. The number of rotatable bonds is 4. The highest BCUT2D eigenvalue weighted by molar-refractivity contribution is 6.23. The van der Waals surface area contributed by atoms with E-state index >= 15 is 0 Å². The number of nitrogens with zero attached hydrogens (tertiary/aromatic N) is 1. The summed E-state index contributed by atoms with van der Waals surface area (Å²) in [4.78, 5) is 42.3. The Hall–Kier alpha value is -3.35. The van der Waals surface area contributed by atoms with Gasteiger partial charge in [-0.15, -0.1) is 6.58 Å². The smallest absolute Gasteiger partial charge is 0.341 e. The molecule has 1 aromatic rings. The Bertz CT molecular complexity index is 1080. The van der Waals surface area contributed by atoms with E-state index in [-0.39, 0.29) is 47.8 Å². The fourth-order valence-electron chi connectivity index (χ4n) is 4.97. The highest BCUT2D eigenvalue weighted by Gasteiger charge is 2.64. The summed E-state index contributed by atoms with van der Waals surface area (Å²) in [5, 5.41) is 0. The van der Waals surface area contributed by atoms with Gasteiger partial charge in [0.2, 0.25) is 11.8 Å². The summed E-state index contributed by atoms with van der Waals surface area (Å²) in [7, 11) is 0. The molecule has 0 fully saturated rings. The lowest BCUT2D eigenvalue weighted by molar-refractivity contribution is -0.141. The van der Waals surface area contributed by atoms with Gasteiger partial charge in [0.25, 0.3) is 0 Å². The topological polar surface area (TPSA) is 98.9 Å². The third kappa shape index (κ3) is 2.83. The minimum Gasteiger partial charge on any atom is -0.462 e. The molecule has 0 radical (unpaired) electrons. The van der Waals surface area contributed by atoms with Gasteiger partial charge in [-0.3, -0.25) is 9.59 Å². The Kier molecular flexibility index (Phi) is 4.80. The Morgan fingerprint density at radius 2 is 2.00 bits per heavy atom. The van der Waals surface area contributed by atoms with E-state index in [1.165, 1.54) is 4.90 Å². The first-order valence-electron chi connectivity index (χ1n) is 10.3. The molecule has 1 spiro atoms. The molecule has 3 aliphatic rings. The molecule has 0 bridgehead atoms. The number of hydrogen-bond donors (Lipinski definition) is 1. The zero-order chi connectivity index (χ0) is 22.6. The highest BCUT2D eigenvalue weighted by atomic mass is 16.5. The van der Waals surface area contributed by atoms with E-state index in [9.17, 15) is 14.4 Å². The summed E-state index contributed by atoms with van der Waals surface area (Å²) < 4.78 is 11.1. The average molecular weight is 422 g/mol. The van der Waals surface area contributed by atoms with Gasteiger partial charge in [-0.1, -0.05) is 38.1 Å². The second-order valence-electron chi connectivity index (χ2n) is 8.77. The number of ketones is 1. The number of fused-ring (bicyclic) bond motifs is 3. The number of anilines is 1. The summed E-state index contributed by atoms with van der Waals surface area (Å²) >= 11 is 0. The number of carbonyl (C=O) groups excluding carboxylic acids is 3. The van der Waals surface area contributed by atoms with Crippen LogP contribution in [0, 0.1) is 5.41 Å². The quantitative estimate of drug-likeness (QED) is 0.592. The number of para-hydroxylation sites is 1. The van der Waals surface area contributed by atoms with Gasteiger partial charge < -0.3 is 20.1 Å². The maximum Gasteiger partial charge on any atom is 0.341 e. The lowest BCUT2D eigenvalue weighted by Gasteiger charge is -2.42. The van der Waals surface area contributed by atoms with Crippen molar-refractivity contribution in [3.63, 3.8) is 0 Å². The van der Waals surface area contributed by atoms with Crippen molar-refractivity contribution in [3.05, 3.63) is 65.3 Å². The van der Waals surface area contributed by atoms with E-state index in [0.717, 1.165) is 0 Å². The van der Waals surface area contributed by atoms with E-state index in [1.807, 2.05) is 13.8 Å². The summed E-state index contributed by atoms with van der Waals surface area (Å²) in [5.74, 6) is -1.29. The maximum absolute atomic E-state index is 14.1. The second-order valence-corrected chi connectivity index (χ2v) is 8.77. The number of carbonyl (C=O) groups is 3. The molecule has 162 valence electrons. The zero-order valence-corrected chi connectivity index (χ0v) is 18.0. The van der Waals surface area contributed by atoms with Gasteiger partial charge in [0, 0.05) is 30.6 Å². The average Bonchev–Trinajstić information content (AvgIpc) is 2.91. The van der Waals surface area contributed by atoms with Crippen LogP contribution in [0.4, 0.5) is 5.69 Å². The van der Waals surface area contributed by atoms with Crippen molar-refractivity contribution in [2.24, 2.45) is 11.1 Å². The standard InChI is InChI=1S/C24H26N2O5/c1-5-11-26-15-10-8-7-9-14(15)24(22(26)29)18-16(27)12-23(3,4)13-17(18)31-20(25)19(24)21(28)30-6-2/h5,7-10H,1,6,11-13,25H2,2-4H3. The van der Waals surface area contributed by atoms with E-state index in [4.69, 9.17) is 15.2 Å². The third-order valence-corrected chi connectivity index (χ3v) is 6.02. The van der Waals surface area contributed by atoms with E-state index in [1.54, 1.807) is 37.3 Å². The molecule has 4 rings (SSSR count). The molecule has 0 saturated carbocycles. The van der Waals surface area contributed by atoms with Gasteiger partial charge in [0.15, 0.2) is 5.78 Å². The van der Waals surface area contributed by atoms with Crippen LogP contribution in [0.1, 0.15) is 39.2 Å². The fourth-order valence-corrected chi connectivity index (χ4v) is 4.97. The van der Waals surface area contributed by atoms with Gasteiger partial charge in [-0.05, 0) is 18.4 Å². The fraction of sp³-hybridized carbons (Fsp3) is 0.375. The molecular formula is C24H26N2O5. The van der Waals surface area contributed by atoms with Crippen molar-refractivity contribution in [1.29, 1.82) is 0 Å². The lowest BCUT2D eigenvalue weighted by atomic mass is 9.62. The Labute approximate surface area is 181 Å². The van der Waals surface area contributed by atoms with Crippen LogP contribution >= 0.6 is 0 Å². The number of amides is 1. The molecule has 2 N–H and O–H groups in total. The molecule has 7 heteroatoms. The van der Waals surface area contributed by atoms with Gasteiger partial charge in [0.1, 0.15) is 16.7 Å². The minimum atomic E-state index is -1.70. The van der Waals surface area contributed by atoms with Crippen LogP contribution < -0.4 is 10.6 Å². The number of nitrogens with two attached hydrogens (primary N) is 1. The first-order valence-corrected chi connectivity index (χ1v) is 10.3. The second kappa shape index (κ2) is 7.11. The summed E-state index contributed by atoms with van der Waals surface area (Å²) in [6, 6.07) is 7.12. The number of ether oxygens (including phenoxy) is 2. The number of allylic oxidation sites excluding steroid dienone is 1. The van der Waals surface area contributed by atoms with Gasteiger partial charge in [0.05, 0.1) is 12.2 Å². The zero-order valence-electron chi connectivity index (χ0n) is 18.0. The van der Waals surface area contributed by atoms with Crippen molar-refractivity contribution in [3.8, 4) is 0 Å². The largest absolute Gasteiger partial charge is 0.462 e. The monoisotopic (exact) mass is 422 g/mol. The normalized spacial score (nSPS) is 24.2. The molecule has 7 nitrogen and oxygen atoms in total. The molecule has 1 aliphatic carbocycles. The van der Waals surface area contributed by atoms with Crippen LogP contribution in [-0.4, -0.2) is 30.8 Å². The molecule has 0 saturated heterocycles. The molecule has 1 aromatic carbocycles. The lowest BCUT2D eigenvalue weighted by Crippen LogP contribution is -2.52. The van der Waals surface area contributed by atoms with Crippen LogP contribution in [0.25, 0.3) is 0 Å². The molecule has 1 amide bonds. The van der Waals surface area contributed by atoms with Gasteiger partial charge in [-0.25, -0.2) is 4.79 Å². The molecule has 2 heterocycles. The van der Waals surface area contributed by atoms with Crippen LogP contribution in [0.15, 0.2) is 59.7 Å². The van der Waals surface area contributed by atoms with Crippen LogP contribution in [-0.2, 0) is 29.3 Å². The summed E-state index contributed by atoms with van der Waals surface area (Å²) in [6.45, 7) is 9.64. The number of hydrogen-bond acceptors (Lipinski definition) is 6.